The molecule has 160 valence electrons. The molecule has 5 heteroatoms. The highest BCUT2D eigenvalue weighted by Gasteiger charge is 2.54. The van der Waals surface area contributed by atoms with Crippen molar-refractivity contribution in [1.82, 2.24) is 0 Å². The smallest absolute Gasteiger partial charge is 0.339 e. The van der Waals surface area contributed by atoms with Crippen LogP contribution >= 0.6 is 0 Å². The van der Waals surface area contributed by atoms with E-state index in [1.54, 1.807) is 24.3 Å². The van der Waals surface area contributed by atoms with Crippen LogP contribution in [0, 0.1) is 24.2 Å². The van der Waals surface area contributed by atoms with Crippen molar-refractivity contribution in [3.05, 3.63) is 59.2 Å². The Kier molecular flexibility index (Phi) is 4.75. The molecule has 2 aromatic carbocycles. The highest BCUT2D eigenvalue weighted by atomic mass is 32.2. The van der Waals surface area contributed by atoms with Gasteiger partial charge in [-0.1, -0.05) is 30.7 Å². The number of benzene rings is 2. The van der Waals surface area contributed by atoms with Gasteiger partial charge in [-0.05, 0) is 104 Å². The Bertz CT molecular complexity index is 1060. The number of aliphatic hydroxyl groups is 1. The van der Waals surface area contributed by atoms with Crippen molar-refractivity contribution in [3.8, 4) is 5.75 Å². The van der Waals surface area contributed by atoms with E-state index >= 15 is 0 Å². The Labute approximate surface area is 179 Å². The van der Waals surface area contributed by atoms with Crippen molar-refractivity contribution < 1.29 is 17.7 Å². The predicted molar refractivity (Wildman–Crippen MR) is 116 cm³/mol. The van der Waals surface area contributed by atoms with Crippen LogP contribution in [0.4, 0.5) is 0 Å². The molecule has 3 aliphatic rings. The monoisotopic (exact) mass is 426 g/mol. The van der Waals surface area contributed by atoms with Gasteiger partial charge in [0, 0.05) is 0 Å². The largest absolute Gasteiger partial charge is 0.393 e. The lowest BCUT2D eigenvalue weighted by Crippen LogP contribution is -2.43. The van der Waals surface area contributed by atoms with Gasteiger partial charge in [0.15, 0.2) is 0 Å². The van der Waals surface area contributed by atoms with Crippen LogP contribution in [0.15, 0.2) is 47.4 Å². The van der Waals surface area contributed by atoms with Gasteiger partial charge in [-0.2, -0.15) is 8.42 Å². The van der Waals surface area contributed by atoms with Crippen LogP contribution in [0.3, 0.4) is 0 Å². The van der Waals surface area contributed by atoms with Crippen LogP contribution in [-0.2, 0) is 16.5 Å². The molecule has 2 aromatic rings. The summed E-state index contributed by atoms with van der Waals surface area (Å²) in [5.41, 5.74) is 3.66. The Hall–Kier alpha value is -1.85. The van der Waals surface area contributed by atoms with Crippen molar-refractivity contribution in [2.75, 3.05) is 0 Å². The summed E-state index contributed by atoms with van der Waals surface area (Å²) in [6.45, 7) is 4.21. The second-order valence-corrected chi connectivity index (χ2v) is 11.3. The molecule has 0 saturated heterocycles. The van der Waals surface area contributed by atoms with Gasteiger partial charge in [0.1, 0.15) is 10.6 Å². The summed E-state index contributed by atoms with van der Waals surface area (Å²) >= 11 is 0. The Balaban J connectivity index is 1.39. The Morgan fingerprint density at radius 1 is 1.03 bits per heavy atom. The first-order chi connectivity index (χ1) is 14.3. The minimum absolute atomic E-state index is 0.0733. The van der Waals surface area contributed by atoms with E-state index < -0.39 is 10.1 Å². The van der Waals surface area contributed by atoms with Crippen molar-refractivity contribution in [1.29, 1.82) is 0 Å². The third kappa shape index (κ3) is 3.18. The highest BCUT2D eigenvalue weighted by Crippen LogP contribution is 2.60. The van der Waals surface area contributed by atoms with Gasteiger partial charge in [0.2, 0.25) is 0 Å². The average Bonchev–Trinajstić information content (AvgIpc) is 3.02. The van der Waals surface area contributed by atoms with Gasteiger partial charge in [0.05, 0.1) is 6.10 Å². The van der Waals surface area contributed by atoms with E-state index in [0.717, 1.165) is 44.1 Å². The summed E-state index contributed by atoms with van der Waals surface area (Å²) < 4.78 is 30.8. The third-order valence-electron chi connectivity index (χ3n) is 8.16. The molecule has 4 nitrogen and oxygen atoms in total. The second-order valence-electron chi connectivity index (χ2n) is 9.76. The zero-order valence-electron chi connectivity index (χ0n) is 17.7. The van der Waals surface area contributed by atoms with E-state index in [9.17, 15) is 13.5 Å². The SMILES string of the molecule is Cc1ccc(S(=O)(=O)Oc2ccc3c(c2)CC[C@@H]2[C@@H]3CC[C@]3(C)[C@@H](O)CC[C@@H]23)cc1. The summed E-state index contributed by atoms with van der Waals surface area (Å²) in [5.74, 6) is 2.12. The summed E-state index contributed by atoms with van der Waals surface area (Å²) in [7, 11) is -3.83. The predicted octanol–water partition coefficient (Wildman–Crippen LogP) is 4.98. The Morgan fingerprint density at radius 3 is 2.57 bits per heavy atom. The number of aryl methyl sites for hydroxylation is 2. The molecule has 1 N–H and O–H groups in total. The average molecular weight is 427 g/mol. The molecule has 2 fully saturated rings. The maximum atomic E-state index is 12.7. The number of hydrogen-bond acceptors (Lipinski definition) is 4. The van der Waals surface area contributed by atoms with Gasteiger partial charge in [-0.3, -0.25) is 0 Å². The van der Waals surface area contributed by atoms with E-state index in [2.05, 4.69) is 13.0 Å². The molecular formula is C25H30O4S. The summed E-state index contributed by atoms with van der Waals surface area (Å²) in [6, 6.07) is 12.5. The van der Waals surface area contributed by atoms with Crippen LogP contribution in [0.1, 0.15) is 61.6 Å². The van der Waals surface area contributed by atoms with Crippen LogP contribution in [0.5, 0.6) is 5.75 Å². The number of rotatable bonds is 3. The molecule has 2 saturated carbocycles. The van der Waals surface area contributed by atoms with Gasteiger partial charge in [-0.15, -0.1) is 0 Å². The fraction of sp³-hybridized carbons (Fsp3) is 0.520. The molecule has 0 amide bonds. The Morgan fingerprint density at radius 2 is 1.80 bits per heavy atom. The van der Waals surface area contributed by atoms with Crippen molar-refractivity contribution in [2.45, 2.75) is 69.3 Å². The standard InChI is InChI=1S/C25H30O4S/c1-16-3-7-19(8-4-16)30(27,28)29-18-6-10-20-17(15-18)5-9-22-21(20)13-14-25(2)23(22)11-12-24(25)26/h3-4,6-8,10,15,21-24,26H,5,9,11-14H2,1-2H3/t21-,22-,23+,24+,25+/m1/s1. The van der Waals surface area contributed by atoms with E-state index in [4.69, 9.17) is 4.18 Å². The summed E-state index contributed by atoms with van der Waals surface area (Å²) in [6.07, 6.45) is 6.13. The zero-order valence-corrected chi connectivity index (χ0v) is 18.5. The maximum Gasteiger partial charge on any atom is 0.339 e. The molecule has 5 rings (SSSR count). The normalized spacial score (nSPS) is 32.8. The van der Waals surface area contributed by atoms with Crippen LogP contribution in [-0.4, -0.2) is 19.6 Å². The summed E-state index contributed by atoms with van der Waals surface area (Å²) in [5, 5.41) is 10.5. The number of hydrogen-bond donors (Lipinski definition) is 1. The molecule has 0 unspecified atom stereocenters. The maximum absolute atomic E-state index is 12.7. The first kappa shape index (κ1) is 20.1. The van der Waals surface area contributed by atoms with Gasteiger partial charge < -0.3 is 9.29 Å². The fourth-order valence-corrected chi connectivity index (χ4v) is 7.39. The second kappa shape index (κ2) is 7.10. The molecule has 30 heavy (non-hydrogen) atoms. The first-order valence-corrected chi connectivity index (χ1v) is 12.5. The third-order valence-corrected chi connectivity index (χ3v) is 9.42. The number of aliphatic hydroxyl groups excluding tert-OH is 1. The van der Waals surface area contributed by atoms with Gasteiger partial charge in [0.25, 0.3) is 0 Å². The van der Waals surface area contributed by atoms with Crippen LogP contribution in [0.25, 0.3) is 0 Å². The lowest BCUT2D eigenvalue weighted by molar-refractivity contribution is -0.0226. The van der Waals surface area contributed by atoms with E-state index in [-0.39, 0.29) is 16.4 Å². The minimum atomic E-state index is -3.83. The first-order valence-electron chi connectivity index (χ1n) is 11.1. The van der Waals surface area contributed by atoms with Crippen molar-refractivity contribution >= 4 is 10.1 Å². The molecule has 0 bridgehead atoms. The molecule has 0 heterocycles. The molecule has 5 atom stereocenters. The molecule has 3 aliphatic carbocycles. The van der Waals surface area contributed by atoms with E-state index in [1.165, 1.54) is 11.1 Å². The number of fused-ring (bicyclic) bond motifs is 5. The molecule has 0 aromatic heterocycles. The van der Waals surface area contributed by atoms with E-state index in [0.29, 0.717) is 23.5 Å². The fourth-order valence-electron chi connectivity index (χ4n) is 6.46. The zero-order chi connectivity index (χ0) is 21.1. The molecule has 0 spiro atoms. The van der Waals surface area contributed by atoms with Crippen molar-refractivity contribution in [3.63, 3.8) is 0 Å². The minimum Gasteiger partial charge on any atom is -0.393 e. The van der Waals surface area contributed by atoms with Gasteiger partial charge >= 0.3 is 10.1 Å². The highest BCUT2D eigenvalue weighted by molar-refractivity contribution is 7.87. The quantitative estimate of drug-likeness (QED) is 0.703. The van der Waals surface area contributed by atoms with Crippen molar-refractivity contribution in [2.24, 2.45) is 17.3 Å². The molecular weight excluding hydrogens is 396 g/mol. The topological polar surface area (TPSA) is 63.6 Å². The van der Waals surface area contributed by atoms with Crippen LogP contribution in [0.2, 0.25) is 0 Å². The van der Waals surface area contributed by atoms with Gasteiger partial charge in [-0.25, -0.2) is 0 Å². The lowest BCUT2D eigenvalue weighted by Gasteiger charge is -2.50. The lowest BCUT2D eigenvalue weighted by atomic mass is 9.55. The molecule has 0 radical (unpaired) electrons. The molecule has 0 aliphatic heterocycles. The van der Waals surface area contributed by atoms with Crippen LogP contribution < -0.4 is 4.18 Å². The summed E-state index contributed by atoms with van der Waals surface area (Å²) in [4.78, 5) is 0.178. The van der Waals surface area contributed by atoms with E-state index in [1.807, 2.05) is 19.1 Å².